The molecule has 1 aromatic heterocycles. The lowest BCUT2D eigenvalue weighted by Gasteiger charge is -2.02. The van der Waals surface area contributed by atoms with Crippen LogP contribution in [0.4, 0.5) is 0 Å². The van der Waals surface area contributed by atoms with Gasteiger partial charge in [-0.2, -0.15) is 0 Å². The number of terminal acetylenes is 1. The first-order valence-corrected chi connectivity index (χ1v) is 6.36. The zero-order valence-electron chi connectivity index (χ0n) is 8.83. The van der Waals surface area contributed by atoms with E-state index in [2.05, 4.69) is 12.0 Å². The molecule has 0 saturated carbocycles. The molecule has 1 unspecified atom stereocenters. The molecule has 80 valence electrons. The lowest BCUT2D eigenvalue weighted by Crippen LogP contribution is -1.91. The first-order chi connectivity index (χ1) is 7.31. The Morgan fingerprint density at radius 2 is 2.20 bits per heavy atom. The third-order valence-corrected chi connectivity index (χ3v) is 4.24. The number of aliphatic hydroxyl groups excluding tert-OH is 1. The number of rotatable bonds is 2. The molecule has 1 heterocycles. The van der Waals surface area contributed by atoms with Crippen molar-refractivity contribution in [2.75, 3.05) is 0 Å². The quantitative estimate of drug-likeness (QED) is 0.600. The van der Waals surface area contributed by atoms with Crippen molar-refractivity contribution in [1.29, 1.82) is 0 Å². The highest BCUT2D eigenvalue weighted by atomic mass is 32.1. The third kappa shape index (κ3) is 2.42. The van der Waals surface area contributed by atoms with Crippen LogP contribution in [0.1, 0.15) is 47.1 Å². The summed E-state index contributed by atoms with van der Waals surface area (Å²) in [6.45, 7) is 0. The molecule has 0 amide bonds. The van der Waals surface area contributed by atoms with Crippen LogP contribution in [0.3, 0.4) is 0 Å². The zero-order chi connectivity index (χ0) is 10.7. The van der Waals surface area contributed by atoms with Gasteiger partial charge in [0.2, 0.25) is 0 Å². The SMILES string of the molecule is C#CCC(O)c1cc2c(s1)CCCCC2. The molecule has 0 fully saturated rings. The van der Waals surface area contributed by atoms with Gasteiger partial charge in [0.05, 0.1) is 6.10 Å². The summed E-state index contributed by atoms with van der Waals surface area (Å²) in [6.07, 6.45) is 11.5. The highest BCUT2D eigenvalue weighted by Crippen LogP contribution is 2.33. The maximum Gasteiger partial charge on any atom is 0.0990 e. The van der Waals surface area contributed by atoms with E-state index in [1.165, 1.54) is 42.5 Å². The second-order valence-electron chi connectivity index (χ2n) is 4.08. The topological polar surface area (TPSA) is 20.2 Å². The number of hydrogen-bond acceptors (Lipinski definition) is 2. The van der Waals surface area contributed by atoms with Crippen molar-refractivity contribution in [3.05, 3.63) is 21.4 Å². The van der Waals surface area contributed by atoms with E-state index in [0.29, 0.717) is 6.42 Å². The Bertz CT molecular complexity index is 349. The molecule has 0 aromatic carbocycles. The summed E-state index contributed by atoms with van der Waals surface area (Å²) >= 11 is 1.75. The van der Waals surface area contributed by atoms with Crippen molar-refractivity contribution in [2.24, 2.45) is 0 Å². The van der Waals surface area contributed by atoms with Gasteiger partial charge < -0.3 is 5.11 Å². The summed E-state index contributed by atoms with van der Waals surface area (Å²) in [5, 5.41) is 9.81. The Morgan fingerprint density at radius 1 is 1.40 bits per heavy atom. The van der Waals surface area contributed by atoms with E-state index >= 15 is 0 Å². The fourth-order valence-electron chi connectivity index (χ4n) is 2.07. The van der Waals surface area contributed by atoms with E-state index in [9.17, 15) is 5.11 Å². The van der Waals surface area contributed by atoms with Gasteiger partial charge in [0.15, 0.2) is 0 Å². The summed E-state index contributed by atoms with van der Waals surface area (Å²) in [5.74, 6) is 2.52. The second kappa shape index (κ2) is 4.83. The second-order valence-corrected chi connectivity index (χ2v) is 5.25. The Kier molecular flexibility index (Phi) is 3.45. The molecule has 1 aliphatic carbocycles. The van der Waals surface area contributed by atoms with Crippen LogP contribution in [-0.4, -0.2) is 5.11 Å². The normalized spacial score (nSPS) is 17.6. The molecule has 0 radical (unpaired) electrons. The van der Waals surface area contributed by atoms with Gasteiger partial charge in [-0.25, -0.2) is 0 Å². The molecule has 0 spiro atoms. The standard InChI is InChI=1S/C13H16OS/c1-2-6-11(14)13-9-10-7-4-3-5-8-12(10)15-13/h1,9,11,14H,3-8H2. The molecule has 0 bridgehead atoms. The lowest BCUT2D eigenvalue weighted by atomic mass is 10.1. The minimum absolute atomic E-state index is 0.430. The molecule has 1 aliphatic rings. The average molecular weight is 220 g/mol. The number of fused-ring (bicyclic) bond motifs is 1. The maximum absolute atomic E-state index is 9.81. The summed E-state index contributed by atoms with van der Waals surface area (Å²) < 4.78 is 0. The van der Waals surface area contributed by atoms with Gasteiger partial charge in [-0.3, -0.25) is 0 Å². The van der Waals surface area contributed by atoms with Crippen LogP contribution >= 0.6 is 11.3 Å². The Balaban J connectivity index is 2.18. The molecule has 1 aromatic rings. The smallest absolute Gasteiger partial charge is 0.0990 e. The average Bonchev–Trinajstić information content (AvgIpc) is 2.51. The van der Waals surface area contributed by atoms with E-state index in [1.54, 1.807) is 11.3 Å². The van der Waals surface area contributed by atoms with Crippen molar-refractivity contribution in [3.8, 4) is 12.3 Å². The molecule has 2 rings (SSSR count). The predicted octanol–water partition coefficient (Wildman–Crippen LogP) is 3.07. The minimum atomic E-state index is -0.452. The Morgan fingerprint density at radius 3 is 3.00 bits per heavy atom. The van der Waals surface area contributed by atoms with Crippen LogP contribution in [0.15, 0.2) is 6.07 Å². The highest BCUT2D eigenvalue weighted by Gasteiger charge is 2.15. The van der Waals surface area contributed by atoms with Gasteiger partial charge in [0, 0.05) is 16.2 Å². The largest absolute Gasteiger partial charge is 0.387 e. The number of thiophene rings is 1. The van der Waals surface area contributed by atoms with E-state index < -0.39 is 6.10 Å². The molecule has 1 N–H and O–H groups in total. The van der Waals surface area contributed by atoms with Crippen molar-refractivity contribution in [1.82, 2.24) is 0 Å². The molecule has 1 atom stereocenters. The van der Waals surface area contributed by atoms with Crippen LogP contribution in [0.25, 0.3) is 0 Å². The minimum Gasteiger partial charge on any atom is -0.387 e. The molecule has 2 heteroatoms. The van der Waals surface area contributed by atoms with Crippen LogP contribution < -0.4 is 0 Å². The van der Waals surface area contributed by atoms with Gasteiger partial charge in [-0.1, -0.05) is 6.42 Å². The van der Waals surface area contributed by atoms with E-state index in [1.807, 2.05) is 0 Å². The molecular formula is C13H16OS. The maximum atomic E-state index is 9.81. The first-order valence-electron chi connectivity index (χ1n) is 5.54. The van der Waals surface area contributed by atoms with Crippen molar-refractivity contribution in [2.45, 2.75) is 44.6 Å². The summed E-state index contributed by atoms with van der Waals surface area (Å²) in [4.78, 5) is 2.53. The summed E-state index contributed by atoms with van der Waals surface area (Å²) in [6, 6.07) is 2.16. The van der Waals surface area contributed by atoms with Gasteiger partial charge in [-0.05, 0) is 37.3 Å². The molecule has 0 aliphatic heterocycles. The van der Waals surface area contributed by atoms with E-state index in [4.69, 9.17) is 6.42 Å². The van der Waals surface area contributed by atoms with Gasteiger partial charge in [-0.15, -0.1) is 23.7 Å². The Labute approximate surface area is 95.1 Å². The predicted molar refractivity (Wildman–Crippen MR) is 64.0 cm³/mol. The van der Waals surface area contributed by atoms with Crippen molar-refractivity contribution >= 4 is 11.3 Å². The fourth-order valence-corrected chi connectivity index (χ4v) is 3.31. The summed E-state index contributed by atoms with van der Waals surface area (Å²) in [5.41, 5.74) is 1.45. The fraction of sp³-hybridized carbons (Fsp3) is 0.538. The number of aliphatic hydroxyl groups is 1. The monoisotopic (exact) mass is 220 g/mol. The van der Waals surface area contributed by atoms with Gasteiger partial charge >= 0.3 is 0 Å². The van der Waals surface area contributed by atoms with Crippen LogP contribution in [0.2, 0.25) is 0 Å². The van der Waals surface area contributed by atoms with Crippen molar-refractivity contribution in [3.63, 3.8) is 0 Å². The number of hydrogen-bond donors (Lipinski definition) is 1. The van der Waals surface area contributed by atoms with Crippen LogP contribution in [-0.2, 0) is 12.8 Å². The Hall–Kier alpha value is -0.780. The first kappa shape index (κ1) is 10.7. The lowest BCUT2D eigenvalue weighted by molar-refractivity contribution is 0.188. The van der Waals surface area contributed by atoms with E-state index in [-0.39, 0.29) is 0 Å². The van der Waals surface area contributed by atoms with Crippen LogP contribution in [0.5, 0.6) is 0 Å². The molecule has 0 saturated heterocycles. The molecule has 15 heavy (non-hydrogen) atoms. The van der Waals surface area contributed by atoms with E-state index in [0.717, 1.165) is 4.88 Å². The number of aryl methyl sites for hydroxylation is 2. The van der Waals surface area contributed by atoms with Crippen LogP contribution in [0, 0.1) is 12.3 Å². The summed E-state index contributed by atoms with van der Waals surface area (Å²) in [7, 11) is 0. The molecule has 1 nitrogen and oxygen atoms in total. The third-order valence-electron chi connectivity index (χ3n) is 2.91. The zero-order valence-corrected chi connectivity index (χ0v) is 9.65. The van der Waals surface area contributed by atoms with Gasteiger partial charge in [0.1, 0.15) is 0 Å². The van der Waals surface area contributed by atoms with Gasteiger partial charge in [0.25, 0.3) is 0 Å². The highest BCUT2D eigenvalue weighted by molar-refractivity contribution is 7.12. The van der Waals surface area contributed by atoms with Crippen molar-refractivity contribution < 1.29 is 5.11 Å². The molecular weight excluding hydrogens is 204 g/mol.